The molecule has 0 aliphatic heterocycles. The van der Waals surface area contributed by atoms with E-state index in [2.05, 4.69) is 17.2 Å². The van der Waals surface area contributed by atoms with Crippen LogP contribution in [0, 0.1) is 6.92 Å². The second kappa shape index (κ2) is 9.47. The number of nitrogens with one attached hydrogen (secondary N) is 2. The van der Waals surface area contributed by atoms with Crippen LogP contribution in [-0.2, 0) is 11.3 Å². The van der Waals surface area contributed by atoms with Crippen molar-refractivity contribution in [3.05, 3.63) is 72.6 Å². The van der Waals surface area contributed by atoms with Gasteiger partial charge in [0.2, 0.25) is 6.54 Å². The molecule has 1 aromatic heterocycles. The van der Waals surface area contributed by atoms with Gasteiger partial charge in [0.25, 0.3) is 11.8 Å². The van der Waals surface area contributed by atoms with Gasteiger partial charge in [-0.25, -0.2) is 0 Å². The summed E-state index contributed by atoms with van der Waals surface area (Å²) in [7, 11) is 0. The number of pyridine rings is 1. The van der Waals surface area contributed by atoms with E-state index in [0.29, 0.717) is 12.1 Å². The first-order valence-electron chi connectivity index (χ1n) is 7.33. The quantitative estimate of drug-likeness (QED) is 0.512. The molecule has 0 bridgehead atoms. The first kappa shape index (κ1) is 19.4. The summed E-state index contributed by atoms with van der Waals surface area (Å²) in [6.45, 7) is 6.09. The minimum Gasteiger partial charge on any atom is -1.00 e. The molecule has 1 aromatic carbocycles. The van der Waals surface area contributed by atoms with Crippen LogP contribution in [0.1, 0.15) is 15.9 Å². The van der Waals surface area contributed by atoms with Crippen LogP contribution in [0.25, 0.3) is 0 Å². The van der Waals surface area contributed by atoms with Crippen molar-refractivity contribution in [2.45, 2.75) is 13.5 Å². The van der Waals surface area contributed by atoms with Crippen LogP contribution in [0.5, 0.6) is 0 Å². The third kappa shape index (κ3) is 5.85. The van der Waals surface area contributed by atoms with Crippen molar-refractivity contribution >= 4 is 17.5 Å². The van der Waals surface area contributed by atoms with E-state index in [-0.39, 0.29) is 30.8 Å². The van der Waals surface area contributed by atoms with Gasteiger partial charge in [-0.1, -0.05) is 23.8 Å². The zero-order chi connectivity index (χ0) is 16.7. The lowest BCUT2D eigenvalue weighted by molar-refractivity contribution is -0.684. The first-order chi connectivity index (χ1) is 11.1. The Morgan fingerprint density at radius 1 is 1.21 bits per heavy atom. The molecule has 0 atom stereocenters. The van der Waals surface area contributed by atoms with Gasteiger partial charge >= 0.3 is 0 Å². The molecule has 0 unspecified atom stereocenters. The van der Waals surface area contributed by atoms with Crippen molar-refractivity contribution in [3.8, 4) is 0 Å². The maximum absolute atomic E-state index is 12.1. The molecule has 0 saturated heterocycles. The summed E-state index contributed by atoms with van der Waals surface area (Å²) in [6, 6.07) is 11.0. The number of carbonyl (C=O) groups excluding carboxylic acids is 2. The summed E-state index contributed by atoms with van der Waals surface area (Å²) >= 11 is 0. The molecule has 126 valence electrons. The molecule has 2 rings (SSSR count). The fourth-order valence-electron chi connectivity index (χ4n) is 2.02. The van der Waals surface area contributed by atoms with Crippen molar-refractivity contribution in [2.24, 2.45) is 0 Å². The average molecular weight is 346 g/mol. The Labute approximate surface area is 147 Å². The number of anilines is 1. The van der Waals surface area contributed by atoms with E-state index in [1.54, 1.807) is 35.2 Å². The molecule has 24 heavy (non-hydrogen) atoms. The molecule has 2 N–H and O–H groups in total. The number of aromatic nitrogens is 1. The van der Waals surface area contributed by atoms with Crippen LogP contribution < -0.4 is 27.6 Å². The molecular formula is C18H20ClN3O2. The summed E-state index contributed by atoms with van der Waals surface area (Å²) in [5.74, 6) is -0.347. The molecule has 2 amide bonds. The highest BCUT2D eigenvalue weighted by Crippen LogP contribution is 2.08. The highest BCUT2D eigenvalue weighted by Gasteiger charge is 2.13. The van der Waals surface area contributed by atoms with Crippen LogP contribution in [0.2, 0.25) is 0 Å². The summed E-state index contributed by atoms with van der Waals surface area (Å²) < 4.78 is 1.67. The van der Waals surface area contributed by atoms with Gasteiger partial charge in [0.15, 0.2) is 12.4 Å². The summed E-state index contributed by atoms with van der Waals surface area (Å²) in [5, 5.41) is 5.53. The molecule has 6 heteroatoms. The Hall–Kier alpha value is -2.66. The van der Waals surface area contributed by atoms with Gasteiger partial charge in [0.1, 0.15) is 5.56 Å². The third-order valence-corrected chi connectivity index (χ3v) is 3.19. The molecule has 5 nitrogen and oxygen atoms in total. The van der Waals surface area contributed by atoms with Gasteiger partial charge in [0.05, 0.1) is 0 Å². The smallest absolute Gasteiger partial charge is 0.290 e. The van der Waals surface area contributed by atoms with E-state index < -0.39 is 0 Å². The monoisotopic (exact) mass is 345 g/mol. The fourth-order valence-corrected chi connectivity index (χ4v) is 2.02. The topological polar surface area (TPSA) is 62.1 Å². The standard InChI is InChI=1S/C18H19N3O2.ClH/c1-3-10-19-18(23)15-5-4-11-21(12-15)13-17(22)20-16-8-6-14(2)7-9-16;/h3-9,11-12H,1,10,13H2,2H3,(H-,19,20,22,23);1H. The Kier molecular flexibility index (Phi) is 7.65. The number of hydrogen-bond donors (Lipinski definition) is 2. The van der Waals surface area contributed by atoms with E-state index in [4.69, 9.17) is 0 Å². The lowest BCUT2D eigenvalue weighted by Crippen LogP contribution is -3.00. The van der Waals surface area contributed by atoms with Crippen molar-refractivity contribution in [2.75, 3.05) is 11.9 Å². The van der Waals surface area contributed by atoms with Crippen LogP contribution in [-0.4, -0.2) is 18.4 Å². The number of nitrogens with zero attached hydrogens (tertiary/aromatic N) is 1. The molecule has 2 aromatic rings. The predicted octanol–water partition coefficient (Wildman–Crippen LogP) is -1.16. The van der Waals surface area contributed by atoms with Crippen molar-refractivity contribution in [1.82, 2.24) is 5.32 Å². The Morgan fingerprint density at radius 3 is 2.58 bits per heavy atom. The van der Waals surface area contributed by atoms with Crippen LogP contribution in [0.3, 0.4) is 0 Å². The maximum atomic E-state index is 12.1. The van der Waals surface area contributed by atoms with Crippen molar-refractivity contribution in [1.29, 1.82) is 0 Å². The zero-order valence-corrected chi connectivity index (χ0v) is 14.2. The normalized spacial score (nSPS) is 9.54. The van der Waals surface area contributed by atoms with Gasteiger partial charge in [-0.15, -0.1) is 6.58 Å². The highest BCUT2D eigenvalue weighted by molar-refractivity contribution is 5.93. The number of carbonyl (C=O) groups is 2. The van der Waals surface area contributed by atoms with E-state index in [1.165, 1.54) is 0 Å². The van der Waals surface area contributed by atoms with Gasteiger partial charge < -0.3 is 23.0 Å². The van der Waals surface area contributed by atoms with Crippen LogP contribution >= 0.6 is 0 Å². The Morgan fingerprint density at radius 2 is 1.92 bits per heavy atom. The lowest BCUT2D eigenvalue weighted by atomic mass is 10.2. The fraction of sp³-hybridized carbons (Fsp3) is 0.167. The second-order valence-corrected chi connectivity index (χ2v) is 5.18. The molecule has 1 heterocycles. The van der Waals surface area contributed by atoms with Gasteiger partial charge in [-0.2, -0.15) is 4.57 Å². The average Bonchev–Trinajstić information content (AvgIpc) is 2.55. The summed E-state index contributed by atoms with van der Waals surface area (Å²) in [5.41, 5.74) is 2.38. The summed E-state index contributed by atoms with van der Waals surface area (Å²) in [4.78, 5) is 24.0. The minimum atomic E-state index is -0.196. The van der Waals surface area contributed by atoms with Gasteiger partial charge in [-0.05, 0) is 25.1 Å². The molecule has 0 fully saturated rings. The lowest BCUT2D eigenvalue weighted by Gasteiger charge is -2.04. The largest absolute Gasteiger partial charge is 1.00 e. The van der Waals surface area contributed by atoms with E-state index in [0.717, 1.165) is 11.3 Å². The number of hydrogen-bond acceptors (Lipinski definition) is 2. The molecule has 0 radical (unpaired) electrons. The molecule has 0 aliphatic carbocycles. The number of aryl methyl sites for hydroxylation is 1. The minimum absolute atomic E-state index is 0. The van der Waals surface area contributed by atoms with Gasteiger partial charge in [0, 0.05) is 18.3 Å². The first-order valence-corrected chi connectivity index (χ1v) is 7.33. The van der Waals surface area contributed by atoms with Crippen molar-refractivity contribution in [3.63, 3.8) is 0 Å². The number of halogens is 1. The Bertz CT molecular complexity index is 714. The van der Waals surface area contributed by atoms with E-state index >= 15 is 0 Å². The molecule has 0 saturated carbocycles. The van der Waals surface area contributed by atoms with E-state index in [1.807, 2.05) is 31.2 Å². The summed E-state index contributed by atoms with van der Waals surface area (Å²) in [6.07, 6.45) is 5.01. The van der Waals surface area contributed by atoms with Crippen LogP contribution in [0.15, 0.2) is 61.4 Å². The SMILES string of the molecule is C=CCNC(=O)c1ccc[n+](CC(=O)Nc2ccc(C)cc2)c1.[Cl-]. The molecule has 0 spiro atoms. The third-order valence-electron chi connectivity index (χ3n) is 3.19. The number of benzene rings is 1. The van der Waals surface area contributed by atoms with E-state index in [9.17, 15) is 9.59 Å². The van der Waals surface area contributed by atoms with Crippen molar-refractivity contribution < 1.29 is 26.6 Å². The predicted molar refractivity (Wildman–Crippen MR) is 89.0 cm³/mol. The Balaban J connectivity index is 0.00000288. The molecular weight excluding hydrogens is 326 g/mol. The number of rotatable bonds is 6. The molecule has 0 aliphatic rings. The maximum Gasteiger partial charge on any atom is 0.290 e. The van der Waals surface area contributed by atoms with Crippen LogP contribution in [0.4, 0.5) is 5.69 Å². The van der Waals surface area contributed by atoms with Gasteiger partial charge in [-0.3, -0.25) is 9.59 Å². The highest BCUT2D eigenvalue weighted by atomic mass is 35.5. The zero-order valence-electron chi connectivity index (χ0n) is 13.5. The second-order valence-electron chi connectivity index (χ2n) is 5.18. The number of amides is 2.